The maximum atomic E-state index is 13.2. The molecule has 10 heteroatoms. The van der Waals surface area contributed by atoms with Crippen LogP contribution in [0.4, 0.5) is 5.69 Å². The first-order chi connectivity index (χ1) is 17.1. The topological polar surface area (TPSA) is 99.9 Å². The van der Waals surface area contributed by atoms with Gasteiger partial charge in [0.05, 0.1) is 19.8 Å². The smallest absolute Gasteiger partial charge is 0.255 e. The lowest BCUT2D eigenvalue weighted by atomic mass is 10.1. The quantitative estimate of drug-likeness (QED) is 0.303. The molecule has 0 atom stereocenters. The van der Waals surface area contributed by atoms with Gasteiger partial charge in [0.1, 0.15) is 5.01 Å². The highest BCUT2D eigenvalue weighted by Gasteiger charge is 2.19. The van der Waals surface area contributed by atoms with Crippen molar-refractivity contribution < 1.29 is 19.0 Å². The van der Waals surface area contributed by atoms with Crippen molar-refractivity contribution in [3.05, 3.63) is 47.8 Å². The van der Waals surface area contributed by atoms with Crippen LogP contribution in [0.1, 0.15) is 50.3 Å². The van der Waals surface area contributed by atoms with Crippen molar-refractivity contribution in [1.29, 1.82) is 0 Å². The first-order valence-corrected chi connectivity index (χ1v) is 12.6. The van der Waals surface area contributed by atoms with E-state index in [9.17, 15) is 4.79 Å². The zero-order valence-corrected chi connectivity index (χ0v) is 21.1. The highest BCUT2D eigenvalue weighted by molar-refractivity contribution is 7.19. The first-order valence-electron chi connectivity index (χ1n) is 11.8. The van der Waals surface area contributed by atoms with E-state index in [0.717, 1.165) is 34.2 Å². The summed E-state index contributed by atoms with van der Waals surface area (Å²) in [5.74, 6) is 2.01. The lowest BCUT2D eigenvalue weighted by molar-refractivity contribution is 0.102. The summed E-state index contributed by atoms with van der Waals surface area (Å²) < 4.78 is 19.0. The Morgan fingerprint density at radius 3 is 2.34 bits per heavy atom. The van der Waals surface area contributed by atoms with Gasteiger partial charge in [0.2, 0.25) is 10.7 Å². The number of nitrogens with one attached hydrogen (secondary N) is 1. The number of nitrogens with zero attached hydrogens (tertiary/aromatic N) is 4. The van der Waals surface area contributed by atoms with Crippen molar-refractivity contribution in [2.24, 2.45) is 0 Å². The van der Waals surface area contributed by atoms with Crippen LogP contribution in [0.15, 0.2) is 36.4 Å². The van der Waals surface area contributed by atoms with Crippen molar-refractivity contribution in [1.82, 2.24) is 19.8 Å². The van der Waals surface area contributed by atoms with Crippen LogP contribution in [0.2, 0.25) is 0 Å². The third-order valence-corrected chi connectivity index (χ3v) is 6.02. The average Bonchev–Trinajstić information content (AvgIpc) is 3.44. The summed E-state index contributed by atoms with van der Waals surface area (Å²) in [5.41, 5.74) is 1.95. The molecule has 0 saturated heterocycles. The highest BCUT2D eigenvalue weighted by atomic mass is 32.1. The van der Waals surface area contributed by atoms with E-state index in [-0.39, 0.29) is 5.91 Å². The largest absolute Gasteiger partial charge is 0.490 e. The van der Waals surface area contributed by atoms with Gasteiger partial charge in [-0.05, 0) is 51.5 Å². The predicted molar refractivity (Wildman–Crippen MR) is 136 cm³/mol. The summed E-state index contributed by atoms with van der Waals surface area (Å²) in [6.45, 7) is 9.07. The monoisotopic (exact) mass is 495 g/mol. The van der Waals surface area contributed by atoms with E-state index in [0.29, 0.717) is 48.3 Å². The van der Waals surface area contributed by atoms with Crippen LogP contribution in [-0.4, -0.2) is 45.5 Å². The number of carbonyl (C=O) groups excluding carboxylic acids is 1. The Bertz CT molecular complexity index is 1290. The molecule has 0 spiro atoms. The highest BCUT2D eigenvalue weighted by Crippen LogP contribution is 2.39. The summed E-state index contributed by atoms with van der Waals surface area (Å²) in [4.78, 5) is 13.9. The molecule has 0 aliphatic rings. The maximum absolute atomic E-state index is 13.2. The van der Waals surface area contributed by atoms with E-state index >= 15 is 0 Å². The van der Waals surface area contributed by atoms with Crippen molar-refractivity contribution in [2.75, 3.05) is 25.1 Å². The molecule has 0 radical (unpaired) electrons. The van der Waals surface area contributed by atoms with Crippen LogP contribution in [0, 0.1) is 0 Å². The molecule has 1 N–H and O–H groups in total. The molecule has 184 valence electrons. The fourth-order valence-electron chi connectivity index (χ4n) is 3.61. The molecule has 0 bridgehead atoms. The number of anilines is 1. The number of benzene rings is 2. The zero-order chi connectivity index (χ0) is 24.8. The zero-order valence-electron chi connectivity index (χ0n) is 20.3. The first kappa shape index (κ1) is 24.5. The number of hydrogen-bond donors (Lipinski definition) is 1. The Hall–Kier alpha value is -3.66. The van der Waals surface area contributed by atoms with Gasteiger partial charge in [-0.1, -0.05) is 30.4 Å². The number of hydrogen-bond acceptors (Lipinski definition) is 8. The second-order valence-electron chi connectivity index (χ2n) is 7.60. The molecule has 35 heavy (non-hydrogen) atoms. The van der Waals surface area contributed by atoms with Gasteiger partial charge < -0.3 is 19.5 Å². The van der Waals surface area contributed by atoms with E-state index in [1.54, 1.807) is 16.6 Å². The summed E-state index contributed by atoms with van der Waals surface area (Å²) in [6.07, 6.45) is 1.78. The van der Waals surface area contributed by atoms with E-state index in [1.807, 2.05) is 45.0 Å². The number of amides is 1. The van der Waals surface area contributed by atoms with Gasteiger partial charge in [-0.15, -0.1) is 10.2 Å². The molecule has 2 aromatic heterocycles. The molecule has 2 aromatic carbocycles. The van der Waals surface area contributed by atoms with E-state index in [1.165, 1.54) is 11.3 Å². The molecule has 0 aliphatic heterocycles. The Labute approximate surface area is 208 Å². The number of aromatic nitrogens is 4. The SMILES string of the molecule is CCCc1nnc2sc(-c3cccc(NC(=O)c4cc(OCC)c(OCC)c(OCC)c4)c3)nn12. The number of ether oxygens (including phenoxy) is 3. The predicted octanol–water partition coefficient (Wildman–Crippen LogP) is 5.25. The summed E-state index contributed by atoms with van der Waals surface area (Å²) in [7, 11) is 0. The Balaban J connectivity index is 1.60. The summed E-state index contributed by atoms with van der Waals surface area (Å²) >= 11 is 1.46. The molecule has 4 aromatic rings. The Kier molecular flexibility index (Phi) is 7.81. The molecule has 4 rings (SSSR count). The normalized spacial score (nSPS) is 11.0. The molecule has 0 saturated carbocycles. The lowest BCUT2D eigenvalue weighted by Crippen LogP contribution is -2.13. The van der Waals surface area contributed by atoms with Crippen LogP contribution < -0.4 is 19.5 Å². The van der Waals surface area contributed by atoms with E-state index < -0.39 is 0 Å². The maximum Gasteiger partial charge on any atom is 0.255 e. The van der Waals surface area contributed by atoms with Crippen molar-refractivity contribution in [2.45, 2.75) is 40.5 Å². The van der Waals surface area contributed by atoms with Crippen molar-refractivity contribution in [3.8, 4) is 27.8 Å². The van der Waals surface area contributed by atoms with Crippen LogP contribution >= 0.6 is 11.3 Å². The molecular formula is C25H29N5O4S. The van der Waals surface area contributed by atoms with Gasteiger partial charge in [0.25, 0.3) is 5.91 Å². The van der Waals surface area contributed by atoms with Gasteiger partial charge in [-0.25, -0.2) is 0 Å². The second kappa shape index (κ2) is 11.2. The fourth-order valence-corrected chi connectivity index (χ4v) is 4.46. The Morgan fingerprint density at radius 1 is 0.971 bits per heavy atom. The number of rotatable bonds is 11. The van der Waals surface area contributed by atoms with Gasteiger partial charge in [-0.2, -0.15) is 9.61 Å². The van der Waals surface area contributed by atoms with Crippen LogP contribution in [0.3, 0.4) is 0 Å². The second-order valence-corrected chi connectivity index (χ2v) is 8.56. The van der Waals surface area contributed by atoms with Crippen molar-refractivity contribution >= 4 is 27.9 Å². The van der Waals surface area contributed by atoms with Crippen LogP contribution in [0.25, 0.3) is 15.5 Å². The van der Waals surface area contributed by atoms with Crippen LogP contribution in [0.5, 0.6) is 17.2 Å². The molecule has 0 fully saturated rings. The third kappa shape index (κ3) is 5.37. The van der Waals surface area contributed by atoms with Gasteiger partial charge in [-0.3, -0.25) is 4.79 Å². The minimum atomic E-state index is -0.282. The van der Waals surface area contributed by atoms with Crippen molar-refractivity contribution in [3.63, 3.8) is 0 Å². The third-order valence-electron chi connectivity index (χ3n) is 5.07. The molecular weight excluding hydrogens is 466 g/mol. The Morgan fingerprint density at radius 2 is 1.69 bits per heavy atom. The summed E-state index contributed by atoms with van der Waals surface area (Å²) in [5, 5.41) is 16.9. The summed E-state index contributed by atoms with van der Waals surface area (Å²) in [6, 6.07) is 10.9. The minimum absolute atomic E-state index is 0.282. The molecule has 2 heterocycles. The van der Waals surface area contributed by atoms with Crippen LogP contribution in [-0.2, 0) is 6.42 Å². The molecule has 0 aliphatic carbocycles. The van der Waals surface area contributed by atoms with E-state index in [2.05, 4.69) is 27.5 Å². The fraction of sp³-hybridized carbons (Fsp3) is 0.360. The number of carbonyl (C=O) groups is 1. The van der Waals surface area contributed by atoms with E-state index in [4.69, 9.17) is 14.2 Å². The molecule has 0 unspecified atom stereocenters. The number of fused-ring (bicyclic) bond motifs is 1. The number of aryl methyl sites for hydroxylation is 1. The minimum Gasteiger partial charge on any atom is -0.490 e. The molecule has 9 nitrogen and oxygen atoms in total. The standard InChI is InChI=1S/C25H29N5O4S/c1-5-10-21-27-28-25-30(21)29-24(35-25)16-11-9-12-18(13-16)26-23(31)17-14-19(32-6-2)22(34-8-4)20(15-17)33-7-3/h9,11-15H,5-8,10H2,1-4H3,(H,26,31). The van der Waals surface area contributed by atoms with Gasteiger partial charge in [0.15, 0.2) is 17.3 Å². The average molecular weight is 496 g/mol. The lowest BCUT2D eigenvalue weighted by Gasteiger charge is -2.17. The van der Waals surface area contributed by atoms with Gasteiger partial charge >= 0.3 is 0 Å². The van der Waals surface area contributed by atoms with Gasteiger partial charge in [0, 0.05) is 23.2 Å². The molecule has 1 amide bonds.